The first-order chi connectivity index (χ1) is 12.1. The first-order valence-electron chi connectivity index (χ1n) is 10.3. The van der Waals surface area contributed by atoms with Crippen LogP contribution in [0.1, 0.15) is 84.9 Å². The Kier molecular flexibility index (Phi) is 11.2. The molecule has 0 aliphatic rings. The summed E-state index contributed by atoms with van der Waals surface area (Å²) in [4.78, 5) is 13.5. The lowest BCUT2D eigenvalue weighted by Crippen LogP contribution is -2.19. The quantitative estimate of drug-likeness (QED) is 0.468. The Balaban J connectivity index is 2.56. The average Bonchev–Trinajstić information content (AvgIpc) is 2.61. The van der Waals surface area contributed by atoms with Crippen molar-refractivity contribution in [2.24, 2.45) is 11.8 Å². The lowest BCUT2D eigenvalue weighted by atomic mass is 9.99. The highest BCUT2D eigenvalue weighted by Crippen LogP contribution is 2.15. The second-order valence-corrected chi connectivity index (χ2v) is 7.12. The van der Waals surface area contributed by atoms with E-state index in [-0.39, 0.29) is 0 Å². The Labute approximate surface area is 154 Å². The summed E-state index contributed by atoms with van der Waals surface area (Å²) in [7, 11) is 0. The minimum absolute atomic E-state index is 0.687. The molecule has 0 saturated heterocycles. The fourth-order valence-corrected chi connectivity index (χ4v) is 3.00. The van der Waals surface area contributed by atoms with Gasteiger partial charge in [0.25, 0.3) is 0 Å². The van der Waals surface area contributed by atoms with Crippen molar-refractivity contribution >= 4 is 11.9 Å². The zero-order valence-electron chi connectivity index (χ0n) is 17.1. The lowest BCUT2D eigenvalue weighted by Gasteiger charge is -2.17. The highest BCUT2D eigenvalue weighted by atomic mass is 15.2. The van der Waals surface area contributed by atoms with E-state index in [2.05, 4.69) is 53.3 Å². The van der Waals surface area contributed by atoms with Crippen LogP contribution in [0.4, 0.5) is 11.9 Å². The molecule has 1 rings (SSSR count). The molecule has 2 unspecified atom stereocenters. The number of rotatable bonds is 14. The highest BCUT2D eigenvalue weighted by Gasteiger charge is 2.10. The minimum Gasteiger partial charge on any atom is -0.354 e. The van der Waals surface area contributed by atoms with Crippen molar-refractivity contribution in [3.8, 4) is 0 Å². The molecule has 1 aromatic heterocycles. The molecule has 25 heavy (non-hydrogen) atoms. The van der Waals surface area contributed by atoms with Gasteiger partial charge in [-0.3, -0.25) is 0 Å². The molecular formula is C20H39N5. The van der Waals surface area contributed by atoms with Crippen LogP contribution in [-0.2, 0) is 0 Å². The van der Waals surface area contributed by atoms with E-state index < -0.39 is 0 Å². The fraction of sp³-hybridized carbons (Fsp3) is 0.850. The Morgan fingerprint density at radius 3 is 1.52 bits per heavy atom. The molecule has 0 amide bonds. The maximum Gasteiger partial charge on any atom is 0.227 e. The van der Waals surface area contributed by atoms with Crippen molar-refractivity contribution in [3.63, 3.8) is 0 Å². The van der Waals surface area contributed by atoms with Gasteiger partial charge in [0.15, 0.2) is 0 Å². The standard InChI is InChI=1S/C20H39N5/c1-6-10-12-17(8-3)14-21-19-23-16(5)24-20(25-19)22-15-18(9-4)13-11-7-2/h17-18H,6-15H2,1-5H3,(H2,21,22,23,24,25). The van der Waals surface area contributed by atoms with Gasteiger partial charge in [0.1, 0.15) is 5.82 Å². The predicted molar refractivity (Wildman–Crippen MR) is 108 cm³/mol. The number of aromatic nitrogens is 3. The van der Waals surface area contributed by atoms with Gasteiger partial charge in [-0.25, -0.2) is 0 Å². The zero-order valence-corrected chi connectivity index (χ0v) is 17.1. The number of nitrogens with one attached hydrogen (secondary N) is 2. The number of anilines is 2. The predicted octanol–water partition coefficient (Wildman–Crippen LogP) is 5.44. The number of hydrogen-bond acceptors (Lipinski definition) is 5. The van der Waals surface area contributed by atoms with E-state index in [1.54, 1.807) is 0 Å². The van der Waals surface area contributed by atoms with Crippen molar-refractivity contribution in [1.29, 1.82) is 0 Å². The molecule has 0 aliphatic carbocycles. The monoisotopic (exact) mass is 349 g/mol. The molecule has 1 aromatic rings. The first-order valence-corrected chi connectivity index (χ1v) is 10.3. The van der Waals surface area contributed by atoms with Gasteiger partial charge in [0, 0.05) is 13.1 Å². The molecule has 1 heterocycles. The molecule has 0 bridgehead atoms. The van der Waals surface area contributed by atoms with E-state index in [1.165, 1.54) is 51.4 Å². The number of nitrogens with zero attached hydrogens (tertiary/aromatic N) is 3. The summed E-state index contributed by atoms with van der Waals surface area (Å²) in [6.07, 6.45) is 10.0. The number of aryl methyl sites for hydroxylation is 1. The Morgan fingerprint density at radius 1 is 0.720 bits per heavy atom. The van der Waals surface area contributed by atoms with E-state index in [0.29, 0.717) is 23.7 Å². The van der Waals surface area contributed by atoms with E-state index in [4.69, 9.17) is 0 Å². The van der Waals surface area contributed by atoms with E-state index in [0.717, 1.165) is 18.9 Å². The molecule has 2 N–H and O–H groups in total. The third-order valence-electron chi connectivity index (χ3n) is 4.93. The van der Waals surface area contributed by atoms with Gasteiger partial charge in [0.05, 0.1) is 0 Å². The third-order valence-corrected chi connectivity index (χ3v) is 4.93. The van der Waals surface area contributed by atoms with Crippen LogP contribution in [0.3, 0.4) is 0 Å². The molecule has 5 heteroatoms. The van der Waals surface area contributed by atoms with Gasteiger partial charge < -0.3 is 10.6 Å². The van der Waals surface area contributed by atoms with Crippen molar-refractivity contribution in [3.05, 3.63) is 5.82 Å². The van der Waals surface area contributed by atoms with Crippen LogP contribution >= 0.6 is 0 Å². The van der Waals surface area contributed by atoms with Crippen LogP contribution in [0.5, 0.6) is 0 Å². The van der Waals surface area contributed by atoms with Crippen LogP contribution in [0.2, 0.25) is 0 Å². The van der Waals surface area contributed by atoms with Crippen molar-refractivity contribution in [2.75, 3.05) is 23.7 Å². The highest BCUT2D eigenvalue weighted by molar-refractivity contribution is 5.34. The summed E-state index contributed by atoms with van der Waals surface area (Å²) in [6, 6.07) is 0. The largest absolute Gasteiger partial charge is 0.354 e. The molecule has 5 nitrogen and oxygen atoms in total. The number of hydrogen-bond donors (Lipinski definition) is 2. The molecule has 0 radical (unpaired) electrons. The maximum atomic E-state index is 4.56. The Bertz CT molecular complexity index is 425. The second kappa shape index (κ2) is 12.9. The third kappa shape index (κ3) is 9.03. The molecule has 0 fully saturated rings. The molecule has 2 atom stereocenters. The molecule has 0 spiro atoms. The molecular weight excluding hydrogens is 310 g/mol. The minimum atomic E-state index is 0.687. The van der Waals surface area contributed by atoms with Crippen molar-refractivity contribution in [1.82, 2.24) is 15.0 Å². The molecule has 0 saturated carbocycles. The van der Waals surface area contributed by atoms with Gasteiger partial charge in [-0.15, -0.1) is 0 Å². The van der Waals surface area contributed by atoms with Crippen LogP contribution in [0, 0.1) is 18.8 Å². The summed E-state index contributed by atoms with van der Waals surface area (Å²) in [6.45, 7) is 12.8. The summed E-state index contributed by atoms with van der Waals surface area (Å²) < 4.78 is 0. The molecule has 0 aromatic carbocycles. The second-order valence-electron chi connectivity index (χ2n) is 7.12. The fourth-order valence-electron chi connectivity index (χ4n) is 3.00. The van der Waals surface area contributed by atoms with Gasteiger partial charge in [-0.2, -0.15) is 15.0 Å². The average molecular weight is 350 g/mol. The maximum absolute atomic E-state index is 4.56. The molecule has 0 aliphatic heterocycles. The van der Waals surface area contributed by atoms with E-state index in [9.17, 15) is 0 Å². The van der Waals surface area contributed by atoms with Gasteiger partial charge in [-0.05, 0) is 31.6 Å². The molecule has 144 valence electrons. The summed E-state index contributed by atoms with van der Waals surface area (Å²) in [5.74, 6) is 3.54. The summed E-state index contributed by atoms with van der Waals surface area (Å²) in [5, 5.41) is 6.84. The SMILES string of the molecule is CCCCC(CC)CNc1nc(C)nc(NCC(CC)CCCC)n1. The van der Waals surface area contributed by atoms with Gasteiger partial charge >= 0.3 is 0 Å². The first kappa shape index (κ1) is 21.7. The van der Waals surface area contributed by atoms with Crippen LogP contribution in [0.25, 0.3) is 0 Å². The van der Waals surface area contributed by atoms with Gasteiger partial charge in [0.2, 0.25) is 11.9 Å². The van der Waals surface area contributed by atoms with Crippen LogP contribution < -0.4 is 10.6 Å². The van der Waals surface area contributed by atoms with Crippen molar-refractivity contribution < 1.29 is 0 Å². The number of unbranched alkanes of at least 4 members (excludes halogenated alkanes) is 2. The normalized spacial score (nSPS) is 13.5. The van der Waals surface area contributed by atoms with E-state index in [1.807, 2.05) is 6.92 Å². The van der Waals surface area contributed by atoms with Gasteiger partial charge in [-0.1, -0.05) is 66.2 Å². The van der Waals surface area contributed by atoms with Crippen LogP contribution in [0.15, 0.2) is 0 Å². The van der Waals surface area contributed by atoms with E-state index >= 15 is 0 Å². The Hall–Kier alpha value is -1.39. The van der Waals surface area contributed by atoms with Crippen LogP contribution in [-0.4, -0.2) is 28.0 Å². The lowest BCUT2D eigenvalue weighted by molar-refractivity contribution is 0.470. The summed E-state index contributed by atoms with van der Waals surface area (Å²) >= 11 is 0. The topological polar surface area (TPSA) is 62.7 Å². The smallest absolute Gasteiger partial charge is 0.227 e. The zero-order chi connectivity index (χ0) is 18.5. The summed E-state index contributed by atoms with van der Waals surface area (Å²) in [5.41, 5.74) is 0. The Morgan fingerprint density at radius 2 is 1.16 bits per heavy atom. The van der Waals surface area contributed by atoms with Crippen molar-refractivity contribution in [2.45, 2.75) is 86.0 Å².